The highest BCUT2D eigenvalue weighted by Gasteiger charge is 2.33. The van der Waals surface area contributed by atoms with Gasteiger partial charge in [0.1, 0.15) is 35.4 Å². The van der Waals surface area contributed by atoms with Crippen LogP contribution in [0.3, 0.4) is 0 Å². The van der Waals surface area contributed by atoms with E-state index in [2.05, 4.69) is 10.6 Å². The van der Waals surface area contributed by atoms with Crippen molar-refractivity contribution in [3.05, 3.63) is 183 Å². The fourth-order valence-electron chi connectivity index (χ4n) is 11.4. The molecule has 2 heterocycles. The number of aryl methyl sites for hydroxylation is 6. The number of aromatic nitrogens is 2. The van der Waals surface area contributed by atoms with Crippen LogP contribution in [0.15, 0.2) is 70.5 Å². The second-order valence-electron chi connectivity index (χ2n) is 25.0. The Morgan fingerprint density at radius 3 is 1.18 bits per heavy atom. The van der Waals surface area contributed by atoms with Gasteiger partial charge in [-0.1, -0.05) is 27.7 Å². The third kappa shape index (κ3) is 18.4. The number of carboxylic acid groups (broad SMARTS) is 1. The highest BCUT2D eigenvalue weighted by molar-refractivity contribution is 5.83. The summed E-state index contributed by atoms with van der Waals surface area (Å²) in [4.78, 5) is 83.0. The van der Waals surface area contributed by atoms with E-state index in [4.69, 9.17) is 4.74 Å². The Morgan fingerprint density at radius 2 is 0.867 bits per heavy atom. The average molecular weight is 1260 g/mol. The molecule has 0 saturated carbocycles. The molecule has 0 aliphatic rings. The zero-order chi connectivity index (χ0) is 67.5. The number of halogens is 6. The van der Waals surface area contributed by atoms with Crippen molar-refractivity contribution < 1.29 is 55.4 Å². The predicted octanol–water partition coefficient (Wildman–Crippen LogP) is 12.9. The van der Waals surface area contributed by atoms with Gasteiger partial charge in [0.2, 0.25) is 11.8 Å². The first-order valence-electron chi connectivity index (χ1n) is 30.3. The molecule has 4 atom stereocenters. The highest BCUT2D eigenvalue weighted by atomic mass is 19.1. The SMILES string of the molecule is CCOC(=O)C[C@H](NC(=O)C(CC(C)C)n1cc(CCN(C)C)c(C)c(F)c1=O)c1cc(-c2c(C)cc(F)cc2C)cc(C)c1F.Cc1cc(-c2c(C)cc(F)cc2C)cc([C@H](CC(=O)O)NC(=O)C(CC(C)C)n2cc(CCN(C)C)c(C)c(F)c2=O)c1F. The van der Waals surface area contributed by atoms with E-state index in [-0.39, 0.29) is 71.1 Å². The zero-order valence-corrected chi connectivity index (χ0v) is 55.0. The molecule has 20 heteroatoms. The average Bonchev–Trinajstić information content (AvgIpc) is 1.47. The quantitative estimate of drug-likeness (QED) is 0.0370. The van der Waals surface area contributed by atoms with Gasteiger partial charge in [-0.25, -0.2) is 26.3 Å². The molecular formula is C70H88F6N6O8. The number of carbonyl (C=O) groups is 4. The Balaban J connectivity index is 0.000000328. The molecule has 14 nitrogen and oxygen atoms in total. The maximum atomic E-state index is 15.9. The molecule has 0 spiro atoms. The zero-order valence-electron chi connectivity index (χ0n) is 55.0. The van der Waals surface area contributed by atoms with E-state index in [1.165, 1.54) is 56.6 Å². The van der Waals surface area contributed by atoms with Gasteiger partial charge in [0, 0.05) is 36.6 Å². The maximum absolute atomic E-state index is 15.9. The summed E-state index contributed by atoms with van der Waals surface area (Å²) in [6, 6.07) is 6.94. The maximum Gasteiger partial charge on any atom is 0.308 e. The molecule has 0 bridgehead atoms. The molecule has 2 amide bonds. The van der Waals surface area contributed by atoms with Crippen LogP contribution in [0.25, 0.3) is 22.3 Å². The summed E-state index contributed by atoms with van der Waals surface area (Å²) in [6.45, 7) is 23.5. The Kier molecular flexibility index (Phi) is 25.7. The van der Waals surface area contributed by atoms with E-state index in [9.17, 15) is 42.7 Å². The van der Waals surface area contributed by atoms with Gasteiger partial charge in [-0.15, -0.1) is 0 Å². The summed E-state index contributed by atoms with van der Waals surface area (Å²) in [7, 11) is 7.51. The van der Waals surface area contributed by atoms with Crippen molar-refractivity contribution in [2.24, 2.45) is 11.8 Å². The van der Waals surface area contributed by atoms with Gasteiger partial charge in [-0.05, 0) is 254 Å². The Hall–Kier alpha value is -7.84. The van der Waals surface area contributed by atoms with Crippen LogP contribution in [0.2, 0.25) is 0 Å². The van der Waals surface area contributed by atoms with Crippen molar-refractivity contribution >= 4 is 23.8 Å². The lowest BCUT2D eigenvalue weighted by Gasteiger charge is -2.27. The number of pyridine rings is 2. The number of nitrogens with one attached hydrogen (secondary N) is 2. The first-order chi connectivity index (χ1) is 42.1. The van der Waals surface area contributed by atoms with Crippen LogP contribution in [0, 0.1) is 102 Å². The molecule has 90 heavy (non-hydrogen) atoms. The summed E-state index contributed by atoms with van der Waals surface area (Å²) in [5.74, 6) is -7.52. The second-order valence-corrected chi connectivity index (χ2v) is 25.0. The lowest BCUT2D eigenvalue weighted by molar-refractivity contribution is -0.144. The summed E-state index contributed by atoms with van der Waals surface area (Å²) in [5, 5.41) is 15.2. The summed E-state index contributed by atoms with van der Waals surface area (Å²) in [5.41, 5.74) is 5.18. The van der Waals surface area contributed by atoms with Crippen molar-refractivity contribution in [1.29, 1.82) is 0 Å². The third-order valence-electron chi connectivity index (χ3n) is 16.0. The minimum atomic E-state index is -1.31. The van der Waals surface area contributed by atoms with Gasteiger partial charge < -0.3 is 39.4 Å². The number of benzene rings is 4. The molecule has 0 saturated heterocycles. The standard InChI is InChI=1S/C36H46F3N3O4.C34H42F3N3O4/c1-10-46-31(43)18-29(28-17-26(14-23(6)33(28)38)32-21(4)15-27(37)16-22(32)5)40-35(44)30(13-20(2)3)42-19-25(11-12-41(8)9)24(7)34(39)36(42)45;1-18(2)11-28(40-17-23(9-10-39(7)8)22(6)32(37)34(40)44)33(43)38-27(16-29(41)42)26-15-24(12-21(5)31(26)36)30-19(3)13-25(35)14-20(30)4/h14-17,19-20,29-30H,10-13,18H2,1-9H3,(H,40,44);12-15,17-18,27-28H,9-11,16H2,1-8H3,(H,38,43)(H,41,42)/t29-,30?;27-,28?/m00/s1. The minimum absolute atomic E-state index is 0.0388. The monoisotopic (exact) mass is 1250 g/mol. The van der Waals surface area contributed by atoms with Crippen molar-refractivity contribution in [2.75, 3.05) is 47.9 Å². The van der Waals surface area contributed by atoms with E-state index in [0.29, 0.717) is 81.6 Å². The largest absolute Gasteiger partial charge is 0.481 e. The van der Waals surface area contributed by atoms with Gasteiger partial charge in [-0.3, -0.25) is 28.8 Å². The van der Waals surface area contributed by atoms with Crippen LogP contribution in [0.5, 0.6) is 0 Å². The smallest absolute Gasteiger partial charge is 0.308 e. The molecule has 488 valence electrons. The van der Waals surface area contributed by atoms with Gasteiger partial charge >= 0.3 is 11.9 Å². The van der Waals surface area contributed by atoms with E-state index in [1.54, 1.807) is 66.7 Å². The molecule has 6 rings (SSSR count). The first kappa shape index (κ1) is 72.9. The van der Waals surface area contributed by atoms with Crippen LogP contribution >= 0.6 is 0 Å². The number of esters is 1. The van der Waals surface area contributed by atoms with Crippen molar-refractivity contribution in [1.82, 2.24) is 29.6 Å². The van der Waals surface area contributed by atoms with E-state index < -0.39 is 100 Å². The lowest BCUT2D eigenvalue weighted by Crippen LogP contribution is -2.41. The van der Waals surface area contributed by atoms with Crippen LogP contribution in [-0.4, -0.2) is 95.7 Å². The molecule has 4 aromatic carbocycles. The topological polar surface area (TPSA) is 172 Å². The molecule has 2 unspecified atom stereocenters. The molecule has 0 aliphatic carbocycles. The Bertz CT molecular complexity index is 3700. The number of likely N-dealkylation sites (N-methyl/N-ethyl adjacent to an activating group) is 2. The molecular weight excluding hydrogens is 1170 g/mol. The number of ether oxygens (including phenoxy) is 1. The summed E-state index contributed by atoms with van der Waals surface area (Å²) in [6.07, 6.45) is 3.22. The number of carboxylic acids is 1. The van der Waals surface area contributed by atoms with Gasteiger partial charge in [-0.2, -0.15) is 0 Å². The Morgan fingerprint density at radius 1 is 0.522 bits per heavy atom. The van der Waals surface area contributed by atoms with Crippen LogP contribution in [0.1, 0.15) is 151 Å². The normalized spacial score (nSPS) is 12.9. The third-order valence-corrected chi connectivity index (χ3v) is 16.0. The Labute approximate surface area is 524 Å². The van der Waals surface area contributed by atoms with Gasteiger partial charge in [0.15, 0.2) is 11.6 Å². The van der Waals surface area contributed by atoms with Crippen molar-refractivity contribution in [2.45, 2.75) is 153 Å². The van der Waals surface area contributed by atoms with E-state index >= 15 is 17.6 Å². The van der Waals surface area contributed by atoms with Crippen LogP contribution < -0.4 is 21.8 Å². The number of nitrogens with zero attached hydrogens (tertiary/aromatic N) is 4. The molecule has 3 N–H and O–H groups in total. The number of rotatable bonds is 25. The first-order valence-corrected chi connectivity index (χ1v) is 30.3. The highest BCUT2D eigenvalue weighted by Crippen LogP contribution is 2.37. The van der Waals surface area contributed by atoms with E-state index in [0.717, 1.165) is 9.13 Å². The van der Waals surface area contributed by atoms with E-state index in [1.807, 2.05) is 65.7 Å². The minimum Gasteiger partial charge on any atom is -0.481 e. The number of hydrogen-bond acceptors (Lipinski definition) is 9. The van der Waals surface area contributed by atoms with Crippen LogP contribution in [0.4, 0.5) is 26.3 Å². The molecule has 0 radical (unpaired) electrons. The molecule has 6 aromatic rings. The van der Waals surface area contributed by atoms with Gasteiger partial charge in [0.25, 0.3) is 11.1 Å². The number of carbonyl (C=O) groups excluding carboxylic acids is 3. The lowest BCUT2D eigenvalue weighted by atomic mass is 9.90. The van der Waals surface area contributed by atoms with Crippen molar-refractivity contribution in [3.8, 4) is 22.3 Å². The molecule has 0 aliphatic heterocycles. The number of hydrogen-bond donors (Lipinski definition) is 3. The van der Waals surface area contributed by atoms with Crippen molar-refractivity contribution in [3.63, 3.8) is 0 Å². The second kappa shape index (κ2) is 31.8. The molecule has 2 aromatic heterocycles. The fourth-order valence-corrected chi connectivity index (χ4v) is 11.4. The van der Waals surface area contributed by atoms with Gasteiger partial charge in [0.05, 0.1) is 31.5 Å². The fraction of sp³-hybridized carbons (Fsp3) is 0.457. The number of aliphatic carboxylic acids is 1. The number of amides is 2. The van der Waals surface area contributed by atoms with Crippen LogP contribution in [-0.2, 0) is 36.8 Å². The summed E-state index contributed by atoms with van der Waals surface area (Å²) < 4.78 is 97.6. The molecule has 0 fully saturated rings. The predicted molar refractivity (Wildman–Crippen MR) is 340 cm³/mol. The summed E-state index contributed by atoms with van der Waals surface area (Å²) >= 11 is 0.